The van der Waals surface area contributed by atoms with Crippen molar-refractivity contribution in [2.75, 3.05) is 19.6 Å². The molecule has 21 heavy (non-hydrogen) atoms. The lowest BCUT2D eigenvalue weighted by Crippen LogP contribution is -2.41. The van der Waals surface area contributed by atoms with Gasteiger partial charge >= 0.3 is 0 Å². The Morgan fingerprint density at radius 1 is 1.52 bits per heavy atom. The Morgan fingerprint density at radius 3 is 2.81 bits per heavy atom. The molecule has 1 aromatic rings. The average molecular weight is 328 g/mol. The van der Waals surface area contributed by atoms with Gasteiger partial charge in [0.2, 0.25) is 10.0 Å². The Labute approximate surface area is 130 Å². The largest absolute Gasteiger partial charge is 0.313 e. The van der Waals surface area contributed by atoms with Crippen molar-refractivity contribution in [1.29, 1.82) is 5.26 Å². The molecule has 1 aromatic carbocycles. The number of benzene rings is 1. The Kier molecular flexibility index (Phi) is 5.22. The molecule has 0 amide bonds. The van der Waals surface area contributed by atoms with Crippen LogP contribution in [-0.2, 0) is 10.0 Å². The van der Waals surface area contributed by atoms with Crippen LogP contribution in [0.4, 0.5) is 0 Å². The number of halogens is 1. The minimum Gasteiger partial charge on any atom is -0.313 e. The van der Waals surface area contributed by atoms with Crippen molar-refractivity contribution in [2.24, 2.45) is 0 Å². The Bertz CT molecular complexity index is 649. The molecule has 0 saturated carbocycles. The highest BCUT2D eigenvalue weighted by Gasteiger charge is 2.28. The second kappa shape index (κ2) is 6.75. The third-order valence-electron chi connectivity index (χ3n) is 3.62. The van der Waals surface area contributed by atoms with Gasteiger partial charge in [0, 0.05) is 19.1 Å². The van der Waals surface area contributed by atoms with Gasteiger partial charge in [-0.2, -0.15) is 9.57 Å². The molecule has 114 valence electrons. The van der Waals surface area contributed by atoms with E-state index in [1.807, 2.05) is 13.0 Å². The highest BCUT2D eigenvalue weighted by Crippen LogP contribution is 2.26. The van der Waals surface area contributed by atoms with Crippen LogP contribution in [0.5, 0.6) is 0 Å². The lowest BCUT2D eigenvalue weighted by Gasteiger charge is -2.24. The van der Waals surface area contributed by atoms with Crippen molar-refractivity contribution >= 4 is 21.6 Å². The van der Waals surface area contributed by atoms with E-state index in [0.29, 0.717) is 18.7 Å². The van der Waals surface area contributed by atoms with Crippen LogP contribution in [0.15, 0.2) is 23.1 Å². The van der Waals surface area contributed by atoms with Gasteiger partial charge in [-0.25, -0.2) is 8.42 Å². The summed E-state index contributed by atoms with van der Waals surface area (Å²) in [4.78, 5) is 0.0583. The van der Waals surface area contributed by atoms with E-state index in [1.165, 1.54) is 22.5 Å². The zero-order valence-corrected chi connectivity index (χ0v) is 13.4. The normalized spacial score (nSPS) is 18.9. The van der Waals surface area contributed by atoms with Gasteiger partial charge < -0.3 is 5.32 Å². The molecule has 1 N–H and O–H groups in total. The van der Waals surface area contributed by atoms with Crippen molar-refractivity contribution in [1.82, 2.24) is 9.62 Å². The predicted octanol–water partition coefficient (Wildman–Crippen LogP) is 1.97. The minimum atomic E-state index is -3.64. The van der Waals surface area contributed by atoms with Gasteiger partial charge in [-0.05, 0) is 37.6 Å². The third-order valence-corrected chi connectivity index (χ3v) is 6.04. The van der Waals surface area contributed by atoms with Crippen LogP contribution in [-0.4, -0.2) is 38.4 Å². The smallest absolute Gasteiger partial charge is 0.244 e. The standard InChI is InChI=1S/C14H18ClN3O2S/c1-2-18(10-12-4-3-7-17-12)21(19,20)14-6-5-11(9-16)8-13(14)15/h5-6,8,12,17H,2-4,7,10H2,1H3. The Balaban J connectivity index is 2.28. The number of likely N-dealkylation sites (N-methyl/N-ethyl adjacent to an activating group) is 1. The summed E-state index contributed by atoms with van der Waals surface area (Å²) in [7, 11) is -3.64. The fourth-order valence-corrected chi connectivity index (χ4v) is 4.49. The van der Waals surface area contributed by atoms with E-state index < -0.39 is 10.0 Å². The predicted molar refractivity (Wildman–Crippen MR) is 81.6 cm³/mol. The van der Waals surface area contributed by atoms with Gasteiger partial charge in [-0.3, -0.25) is 0 Å². The molecule has 7 heteroatoms. The molecule has 1 fully saturated rings. The molecule has 1 heterocycles. The Morgan fingerprint density at radius 2 is 2.29 bits per heavy atom. The maximum absolute atomic E-state index is 12.7. The van der Waals surface area contributed by atoms with Gasteiger partial charge in [-0.15, -0.1) is 0 Å². The molecule has 0 radical (unpaired) electrons. The van der Waals surface area contributed by atoms with E-state index in [4.69, 9.17) is 16.9 Å². The van der Waals surface area contributed by atoms with E-state index >= 15 is 0 Å². The molecule has 1 aliphatic rings. The first-order valence-electron chi connectivity index (χ1n) is 6.92. The Hall–Kier alpha value is -1.13. The molecule has 0 spiro atoms. The fourth-order valence-electron chi connectivity index (χ4n) is 2.47. The van der Waals surface area contributed by atoms with Crippen molar-refractivity contribution in [3.05, 3.63) is 28.8 Å². The highest BCUT2D eigenvalue weighted by atomic mass is 35.5. The summed E-state index contributed by atoms with van der Waals surface area (Å²) >= 11 is 6.04. The second-order valence-electron chi connectivity index (χ2n) is 5.01. The molecule has 0 aliphatic carbocycles. The third kappa shape index (κ3) is 3.55. The molecule has 1 unspecified atom stereocenters. The van der Waals surface area contributed by atoms with Crippen molar-refractivity contribution in [3.8, 4) is 6.07 Å². The van der Waals surface area contributed by atoms with Crippen molar-refractivity contribution in [3.63, 3.8) is 0 Å². The first-order valence-corrected chi connectivity index (χ1v) is 8.74. The van der Waals surface area contributed by atoms with Crippen LogP contribution in [0.25, 0.3) is 0 Å². The maximum Gasteiger partial charge on any atom is 0.244 e. The van der Waals surface area contributed by atoms with Crippen LogP contribution < -0.4 is 5.32 Å². The van der Waals surface area contributed by atoms with Gasteiger partial charge in [0.15, 0.2) is 0 Å². The first kappa shape index (κ1) is 16.2. The molecule has 0 bridgehead atoms. The monoisotopic (exact) mass is 327 g/mol. The highest BCUT2D eigenvalue weighted by molar-refractivity contribution is 7.89. The summed E-state index contributed by atoms with van der Waals surface area (Å²) < 4.78 is 26.8. The number of nitriles is 1. The number of nitrogens with zero attached hydrogens (tertiary/aromatic N) is 2. The summed E-state index contributed by atoms with van der Waals surface area (Å²) in [5.74, 6) is 0. The molecule has 2 rings (SSSR count). The number of rotatable bonds is 5. The van der Waals surface area contributed by atoms with E-state index in [9.17, 15) is 8.42 Å². The summed E-state index contributed by atoms with van der Waals surface area (Å²) in [6.45, 7) is 3.57. The number of hydrogen-bond donors (Lipinski definition) is 1. The quantitative estimate of drug-likeness (QED) is 0.897. The number of nitrogens with one attached hydrogen (secondary N) is 1. The van der Waals surface area contributed by atoms with Crippen molar-refractivity contribution in [2.45, 2.75) is 30.7 Å². The van der Waals surface area contributed by atoms with Gasteiger partial charge in [0.1, 0.15) is 4.90 Å². The van der Waals surface area contributed by atoms with E-state index in [-0.39, 0.29) is 16.0 Å². The van der Waals surface area contributed by atoms with Gasteiger partial charge in [0.05, 0.1) is 16.7 Å². The molecule has 0 aromatic heterocycles. The first-order chi connectivity index (χ1) is 9.98. The zero-order valence-electron chi connectivity index (χ0n) is 11.8. The van der Waals surface area contributed by atoms with Gasteiger partial charge in [-0.1, -0.05) is 18.5 Å². The fraction of sp³-hybridized carbons (Fsp3) is 0.500. The van der Waals surface area contributed by atoms with Crippen LogP contribution in [0.1, 0.15) is 25.3 Å². The SMILES string of the molecule is CCN(CC1CCCN1)S(=O)(=O)c1ccc(C#N)cc1Cl. The lowest BCUT2D eigenvalue weighted by atomic mass is 10.2. The lowest BCUT2D eigenvalue weighted by molar-refractivity contribution is 0.383. The van der Waals surface area contributed by atoms with Crippen LogP contribution in [0.3, 0.4) is 0 Å². The van der Waals surface area contributed by atoms with Crippen molar-refractivity contribution < 1.29 is 8.42 Å². The minimum absolute atomic E-state index is 0.0583. The van der Waals surface area contributed by atoms with E-state index in [0.717, 1.165) is 19.4 Å². The zero-order chi connectivity index (χ0) is 15.5. The number of sulfonamides is 1. The molecular formula is C14H18ClN3O2S. The summed E-state index contributed by atoms with van der Waals surface area (Å²) in [6.07, 6.45) is 2.05. The maximum atomic E-state index is 12.7. The number of hydrogen-bond acceptors (Lipinski definition) is 4. The van der Waals surface area contributed by atoms with Crippen LogP contribution >= 0.6 is 11.6 Å². The van der Waals surface area contributed by atoms with E-state index in [1.54, 1.807) is 0 Å². The van der Waals surface area contributed by atoms with E-state index in [2.05, 4.69) is 5.32 Å². The molecule has 1 aliphatic heterocycles. The average Bonchev–Trinajstić information content (AvgIpc) is 2.97. The summed E-state index contributed by atoms with van der Waals surface area (Å²) in [5, 5.41) is 12.2. The summed E-state index contributed by atoms with van der Waals surface area (Å²) in [5.41, 5.74) is 0.347. The molecule has 1 atom stereocenters. The van der Waals surface area contributed by atoms with Crippen LogP contribution in [0.2, 0.25) is 5.02 Å². The molecule has 1 saturated heterocycles. The molecule has 5 nitrogen and oxygen atoms in total. The van der Waals surface area contributed by atoms with Crippen LogP contribution in [0, 0.1) is 11.3 Å². The second-order valence-corrected chi connectivity index (χ2v) is 7.32. The summed E-state index contributed by atoms with van der Waals surface area (Å²) in [6, 6.07) is 6.40. The topological polar surface area (TPSA) is 73.2 Å². The van der Waals surface area contributed by atoms with Gasteiger partial charge in [0.25, 0.3) is 0 Å². The molecular weight excluding hydrogens is 310 g/mol.